The van der Waals surface area contributed by atoms with Crippen LogP contribution in [0, 0.1) is 0 Å². The Labute approximate surface area is 106 Å². The molecule has 0 aliphatic carbocycles. The Balaban J connectivity index is 3.71. The Morgan fingerprint density at radius 2 is 2.06 bits per heavy atom. The van der Waals surface area contributed by atoms with Crippen molar-refractivity contribution in [1.82, 2.24) is 0 Å². The lowest BCUT2D eigenvalue weighted by Crippen LogP contribution is -2.26. The first kappa shape index (κ1) is 16.7. The van der Waals surface area contributed by atoms with Crippen molar-refractivity contribution in [2.24, 2.45) is 0 Å². The van der Waals surface area contributed by atoms with Gasteiger partial charge in [0.1, 0.15) is 5.25 Å². The van der Waals surface area contributed by atoms with Crippen molar-refractivity contribution in [2.45, 2.75) is 37.7 Å². The first-order valence-electron chi connectivity index (χ1n) is 5.64. The monoisotopic (exact) mass is 266 g/mol. The van der Waals surface area contributed by atoms with Crippen LogP contribution < -0.4 is 0 Å². The van der Waals surface area contributed by atoms with Gasteiger partial charge in [-0.05, 0) is 13.3 Å². The Morgan fingerprint density at radius 1 is 1.41 bits per heavy atom. The number of aliphatic hydroxyl groups is 1. The summed E-state index contributed by atoms with van der Waals surface area (Å²) in [6, 6.07) is 0. The van der Waals surface area contributed by atoms with Crippen molar-refractivity contribution in [1.29, 1.82) is 0 Å². The number of ether oxygens (including phenoxy) is 2. The van der Waals surface area contributed by atoms with Crippen LogP contribution in [0.1, 0.15) is 20.3 Å². The molecular weight excluding hydrogens is 244 g/mol. The van der Waals surface area contributed by atoms with E-state index >= 15 is 0 Å². The van der Waals surface area contributed by atoms with Gasteiger partial charge in [0, 0.05) is 12.9 Å². The summed E-state index contributed by atoms with van der Waals surface area (Å²) in [5, 5.41) is 18.0. The molecule has 0 heterocycles. The second kappa shape index (κ2) is 9.70. The predicted molar refractivity (Wildman–Crippen MR) is 67.5 cm³/mol. The lowest BCUT2D eigenvalue weighted by atomic mass is 10.3. The molecule has 0 saturated carbocycles. The number of rotatable bonds is 10. The number of carbonyl (C=O) groups is 1. The average molecular weight is 266 g/mol. The first-order chi connectivity index (χ1) is 8.01. The summed E-state index contributed by atoms with van der Waals surface area (Å²) in [4.78, 5) is 10.7. The fourth-order valence-electron chi connectivity index (χ4n) is 1.20. The van der Waals surface area contributed by atoms with E-state index in [2.05, 4.69) is 0 Å². The lowest BCUT2D eigenvalue weighted by Gasteiger charge is -2.17. The first-order valence-corrected chi connectivity index (χ1v) is 6.69. The van der Waals surface area contributed by atoms with Crippen LogP contribution in [0.2, 0.25) is 0 Å². The molecule has 0 saturated heterocycles. The molecule has 3 unspecified atom stereocenters. The predicted octanol–water partition coefficient (Wildman–Crippen LogP) is 0.995. The second-order valence-electron chi connectivity index (χ2n) is 3.82. The molecule has 17 heavy (non-hydrogen) atoms. The molecule has 0 radical (unpaired) electrons. The molecule has 0 aromatic rings. The van der Waals surface area contributed by atoms with E-state index in [1.807, 2.05) is 13.8 Å². The van der Waals surface area contributed by atoms with E-state index in [1.165, 1.54) is 11.8 Å². The van der Waals surface area contributed by atoms with Gasteiger partial charge in [-0.1, -0.05) is 6.92 Å². The van der Waals surface area contributed by atoms with Gasteiger partial charge in [-0.2, -0.15) is 0 Å². The van der Waals surface area contributed by atoms with Crippen LogP contribution in [0.3, 0.4) is 0 Å². The van der Waals surface area contributed by atoms with E-state index < -0.39 is 17.3 Å². The smallest absolute Gasteiger partial charge is 0.316 e. The number of carboxylic acids is 1. The standard InChI is InChI=1S/C11H22O5S/c1-4-10(11(13)14)17-7-9(12)6-16-8(2)5-15-3/h8-10,12H,4-7H2,1-3H3,(H,13,14). The Bertz CT molecular complexity index is 212. The zero-order chi connectivity index (χ0) is 13.3. The topological polar surface area (TPSA) is 76.0 Å². The van der Waals surface area contributed by atoms with E-state index in [4.69, 9.17) is 14.6 Å². The van der Waals surface area contributed by atoms with Gasteiger partial charge in [0.2, 0.25) is 0 Å². The number of aliphatic hydroxyl groups excluding tert-OH is 1. The van der Waals surface area contributed by atoms with Crippen LogP contribution in [-0.2, 0) is 14.3 Å². The van der Waals surface area contributed by atoms with Crippen LogP contribution in [0.15, 0.2) is 0 Å². The van der Waals surface area contributed by atoms with Crippen molar-refractivity contribution in [2.75, 3.05) is 26.1 Å². The number of hydrogen-bond donors (Lipinski definition) is 2. The molecule has 0 aliphatic rings. The molecule has 0 bridgehead atoms. The number of thioether (sulfide) groups is 1. The molecule has 0 fully saturated rings. The molecule has 2 N–H and O–H groups in total. The third-order valence-electron chi connectivity index (χ3n) is 2.11. The highest BCUT2D eigenvalue weighted by molar-refractivity contribution is 8.00. The highest BCUT2D eigenvalue weighted by atomic mass is 32.2. The van der Waals surface area contributed by atoms with Crippen molar-refractivity contribution in [3.05, 3.63) is 0 Å². The highest BCUT2D eigenvalue weighted by Crippen LogP contribution is 2.16. The molecule has 6 heteroatoms. The minimum absolute atomic E-state index is 0.0684. The van der Waals surface area contributed by atoms with Crippen LogP contribution in [0.4, 0.5) is 0 Å². The lowest BCUT2D eigenvalue weighted by molar-refractivity contribution is -0.136. The van der Waals surface area contributed by atoms with Gasteiger partial charge in [-0.15, -0.1) is 11.8 Å². The molecule has 5 nitrogen and oxygen atoms in total. The molecule has 0 aromatic heterocycles. The van der Waals surface area contributed by atoms with Crippen LogP contribution >= 0.6 is 11.8 Å². The van der Waals surface area contributed by atoms with Gasteiger partial charge in [0.15, 0.2) is 0 Å². The van der Waals surface area contributed by atoms with E-state index in [0.29, 0.717) is 18.8 Å². The maximum atomic E-state index is 10.7. The summed E-state index contributed by atoms with van der Waals surface area (Å²) in [7, 11) is 1.59. The molecule has 0 aromatic carbocycles. The Hall–Kier alpha value is -0.300. The van der Waals surface area contributed by atoms with Gasteiger partial charge in [-0.25, -0.2) is 0 Å². The largest absolute Gasteiger partial charge is 0.480 e. The van der Waals surface area contributed by atoms with Gasteiger partial charge < -0.3 is 19.7 Å². The van der Waals surface area contributed by atoms with Crippen molar-refractivity contribution >= 4 is 17.7 Å². The maximum absolute atomic E-state index is 10.7. The minimum atomic E-state index is -0.835. The van der Waals surface area contributed by atoms with Crippen LogP contribution in [0.5, 0.6) is 0 Å². The third kappa shape index (κ3) is 8.43. The highest BCUT2D eigenvalue weighted by Gasteiger charge is 2.17. The summed E-state index contributed by atoms with van der Waals surface area (Å²) in [5.74, 6) is -0.469. The van der Waals surface area contributed by atoms with E-state index in [1.54, 1.807) is 7.11 Å². The number of methoxy groups -OCH3 is 1. The molecule has 3 atom stereocenters. The average Bonchev–Trinajstić information content (AvgIpc) is 2.27. The van der Waals surface area contributed by atoms with E-state index in [-0.39, 0.29) is 12.7 Å². The SMILES string of the molecule is CCC(SCC(O)COC(C)COC)C(=O)O. The van der Waals surface area contributed by atoms with Gasteiger partial charge in [0.25, 0.3) is 0 Å². The second-order valence-corrected chi connectivity index (χ2v) is 5.06. The Morgan fingerprint density at radius 3 is 2.53 bits per heavy atom. The molecular formula is C11H22O5S. The van der Waals surface area contributed by atoms with Crippen LogP contribution in [0.25, 0.3) is 0 Å². The zero-order valence-corrected chi connectivity index (χ0v) is 11.4. The third-order valence-corrected chi connectivity index (χ3v) is 3.63. The summed E-state index contributed by atoms with van der Waals surface area (Å²) in [6.45, 7) is 4.35. The zero-order valence-electron chi connectivity index (χ0n) is 10.6. The van der Waals surface area contributed by atoms with Crippen molar-refractivity contribution in [3.8, 4) is 0 Å². The number of hydrogen-bond acceptors (Lipinski definition) is 5. The van der Waals surface area contributed by atoms with Crippen molar-refractivity contribution < 1.29 is 24.5 Å². The molecule has 0 spiro atoms. The minimum Gasteiger partial charge on any atom is -0.480 e. The molecule has 0 amide bonds. The van der Waals surface area contributed by atoms with Gasteiger partial charge in [-0.3, -0.25) is 4.79 Å². The Kier molecular flexibility index (Phi) is 9.53. The quantitative estimate of drug-likeness (QED) is 0.614. The summed E-state index contributed by atoms with van der Waals surface area (Å²) >= 11 is 1.24. The fourth-order valence-corrected chi connectivity index (χ4v) is 2.13. The normalized spacial score (nSPS) is 16.5. The molecule has 102 valence electrons. The van der Waals surface area contributed by atoms with E-state index in [9.17, 15) is 9.90 Å². The van der Waals surface area contributed by atoms with Gasteiger partial charge in [0.05, 0.1) is 25.4 Å². The number of aliphatic carboxylic acids is 1. The summed E-state index contributed by atoms with van der Waals surface area (Å²) in [5.41, 5.74) is 0. The fraction of sp³-hybridized carbons (Fsp3) is 0.909. The summed E-state index contributed by atoms with van der Waals surface area (Å²) in [6.07, 6.45) is -0.165. The van der Waals surface area contributed by atoms with Crippen molar-refractivity contribution in [3.63, 3.8) is 0 Å². The van der Waals surface area contributed by atoms with Gasteiger partial charge >= 0.3 is 5.97 Å². The maximum Gasteiger partial charge on any atom is 0.316 e. The summed E-state index contributed by atoms with van der Waals surface area (Å²) < 4.78 is 10.2. The van der Waals surface area contributed by atoms with Crippen LogP contribution in [-0.4, -0.2) is 59.7 Å². The van der Waals surface area contributed by atoms with E-state index in [0.717, 1.165) is 0 Å². The molecule has 0 aliphatic heterocycles. The number of carboxylic acid groups (broad SMARTS) is 1. The molecule has 0 rings (SSSR count).